The van der Waals surface area contributed by atoms with Crippen LogP contribution in [-0.2, 0) is 0 Å². The van der Waals surface area contributed by atoms with Gasteiger partial charge in [-0.05, 0) is 12.8 Å². The van der Waals surface area contributed by atoms with Crippen molar-refractivity contribution in [2.24, 2.45) is 0 Å². The van der Waals surface area contributed by atoms with Gasteiger partial charge in [0.1, 0.15) is 0 Å². The Bertz CT molecular complexity index is 96.3. The minimum absolute atomic E-state index is 0. The van der Waals surface area contributed by atoms with Gasteiger partial charge in [-0.15, -0.1) is 0 Å². The van der Waals surface area contributed by atoms with Crippen molar-refractivity contribution in [1.29, 1.82) is 0 Å². The molecule has 0 heterocycles. The molecule has 0 amide bonds. The molecule has 0 saturated heterocycles. The van der Waals surface area contributed by atoms with Crippen molar-refractivity contribution in [3.63, 3.8) is 0 Å². The lowest BCUT2D eigenvalue weighted by Gasteiger charge is -2.09. The Balaban J connectivity index is 0. The maximum atomic E-state index is 9.58. The highest BCUT2D eigenvalue weighted by Crippen LogP contribution is 2.11. The first-order valence-corrected chi connectivity index (χ1v) is 5.99. The average Bonchev–Trinajstić information content (AvgIpc) is 2.13. The number of halogens is 1. The third-order valence-corrected chi connectivity index (χ3v) is 2.53. The third-order valence-electron chi connectivity index (χ3n) is 2.53. The fraction of sp³-hybridized carbons (Fsp3) is 1.00. The molecule has 0 saturated carbocycles. The summed E-state index contributed by atoms with van der Waals surface area (Å²) in [6.45, 7) is 4.42. The fourth-order valence-electron chi connectivity index (χ4n) is 1.58. The minimum Gasteiger partial charge on any atom is -0.393 e. The Morgan fingerprint density at radius 1 is 0.786 bits per heavy atom. The van der Waals surface area contributed by atoms with E-state index in [-0.39, 0.29) is 10.8 Å². The van der Waals surface area contributed by atoms with Crippen LogP contribution in [0.4, 0.5) is 4.70 Å². The Labute approximate surface area is 88.3 Å². The smallest absolute Gasteiger partial charge is 0.0540 e. The number of hydrogen-bond acceptors (Lipinski definition) is 1. The molecule has 0 fully saturated rings. The molecule has 14 heavy (non-hydrogen) atoms. The first-order chi connectivity index (χ1) is 6.31. The van der Waals surface area contributed by atoms with Crippen LogP contribution in [0, 0.1) is 0 Å². The molecule has 1 nitrogen and oxygen atoms in total. The van der Waals surface area contributed by atoms with Crippen molar-refractivity contribution in [3.05, 3.63) is 0 Å². The zero-order chi connectivity index (χ0) is 9.94. The average molecular weight is 206 g/mol. The molecular weight excluding hydrogens is 179 g/mol. The Morgan fingerprint density at radius 3 is 1.71 bits per heavy atom. The summed E-state index contributed by atoms with van der Waals surface area (Å²) in [7, 11) is 0. The second kappa shape index (κ2) is 12.9. The highest BCUT2D eigenvalue weighted by Gasteiger charge is 2.02. The van der Waals surface area contributed by atoms with Crippen LogP contribution in [0.15, 0.2) is 0 Å². The van der Waals surface area contributed by atoms with E-state index in [9.17, 15) is 5.11 Å². The van der Waals surface area contributed by atoms with Gasteiger partial charge in [0.25, 0.3) is 0 Å². The van der Waals surface area contributed by atoms with Crippen LogP contribution >= 0.6 is 0 Å². The molecule has 0 aliphatic carbocycles. The van der Waals surface area contributed by atoms with Gasteiger partial charge in [0, 0.05) is 0 Å². The van der Waals surface area contributed by atoms with Crippen molar-refractivity contribution in [3.8, 4) is 0 Å². The predicted molar refractivity (Wildman–Crippen MR) is 61.4 cm³/mol. The van der Waals surface area contributed by atoms with Gasteiger partial charge < -0.3 is 5.11 Å². The summed E-state index contributed by atoms with van der Waals surface area (Å²) in [5.41, 5.74) is 0. The maximum Gasteiger partial charge on any atom is 0.0540 e. The van der Waals surface area contributed by atoms with Crippen LogP contribution in [-0.4, -0.2) is 11.2 Å². The standard InChI is InChI=1S/C12H26O.FH/c1-3-5-7-9-11-12(13)10-8-6-4-2;/h12-13H,3-11H2,1-2H3;1H. The Morgan fingerprint density at radius 2 is 1.21 bits per heavy atom. The molecule has 0 aromatic rings. The lowest BCUT2D eigenvalue weighted by molar-refractivity contribution is 0.147. The van der Waals surface area contributed by atoms with E-state index in [0.717, 1.165) is 12.8 Å². The van der Waals surface area contributed by atoms with Gasteiger partial charge in [-0.25, -0.2) is 0 Å². The molecule has 0 aromatic heterocycles. The molecule has 1 unspecified atom stereocenters. The van der Waals surface area contributed by atoms with E-state index < -0.39 is 0 Å². The highest BCUT2D eigenvalue weighted by molar-refractivity contribution is 4.56. The van der Waals surface area contributed by atoms with E-state index in [1.807, 2.05) is 0 Å². The normalized spacial score (nSPS) is 12.2. The molecule has 0 aliphatic rings. The van der Waals surface area contributed by atoms with Crippen LogP contribution in [0.2, 0.25) is 0 Å². The largest absolute Gasteiger partial charge is 0.393 e. The molecule has 0 bridgehead atoms. The van der Waals surface area contributed by atoms with Crippen molar-refractivity contribution in [2.45, 2.75) is 77.7 Å². The zero-order valence-electron chi connectivity index (χ0n) is 9.80. The van der Waals surface area contributed by atoms with Crippen molar-refractivity contribution >= 4 is 0 Å². The second-order valence-electron chi connectivity index (χ2n) is 4.00. The van der Waals surface area contributed by atoms with Gasteiger partial charge in [-0.1, -0.05) is 58.8 Å². The number of aliphatic hydroxyl groups is 1. The van der Waals surface area contributed by atoms with Crippen LogP contribution in [0.25, 0.3) is 0 Å². The van der Waals surface area contributed by atoms with Crippen LogP contribution < -0.4 is 0 Å². The predicted octanol–water partition coefficient (Wildman–Crippen LogP) is 4.05. The van der Waals surface area contributed by atoms with E-state index in [4.69, 9.17) is 0 Å². The number of rotatable bonds is 9. The SMILES string of the molecule is CCCCCCC(O)CCCCC.F. The van der Waals surface area contributed by atoms with Gasteiger partial charge in [-0.2, -0.15) is 0 Å². The molecule has 88 valence electrons. The van der Waals surface area contributed by atoms with E-state index in [0.29, 0.717) is 0 Å². The molecular formula is C12H27FO. The van der Waals surface area contributed by atoms with Crippen LogP contribution in [0.3, 0.4) is 0 Å². The first kappa shape index (κ1) is 16.3. The van der Waals surface area contributed by atoms with Gasteiger partial charge in [-0.3, -0.25) is 4.70 Å². The highest BCUT2D eigenvalue weighted by atomic mass is 19.0. The lowest BCUT2D eigenvalue weighted by Crippen LogP contribution is -2.05. The first-order valence-electron chi connectivity index (χ1n) is 5.99. The van der Waals surface area contributed by atoms with Gasteiger partial charge in [0.05, 0.1) is 6.10 Å². The van der Waals surface area contributed by atoms with E-state index >= 15 is 0 Å². The number of unbranched alkanes of at least 4 members (excludes halogenated alkanes) is 5. The van der Waals surface area contributed by atoms with E-state index in [2.05, 4.69) is 13.8 Å². The van der Waals surface area contributed by atoms with Crippen LogP contribution in [0.1, 0.15) is 71.6 Å². The van der Waals surface area contributed by atoms with E-state index in [1.165, 1.54) is 44.9 Å². The Kier molecular flexibility index (Phi) is 15.0. The minimum atomic E-state index is -0.0246. The molecule has 0 aliphatic heterocycles. The number of hydrogen-bond donors (Lipinski definition) is 1. The van der Waals surface area contributed by atoms with Crippen LogP contribution in [0.5, 0.6) is 0 Å². The molecule has 0 radical (unpaired) electrons. The van der Waals surface area contributed by atoms with Crippen molar-refractivity contribution < 1.29 is 9.81 Å². The Hall–Kier alpha value is -0.110. The quantitative estimate of drug-likeness (QED) is 0.564. The van der Waals surface area contributed by atoms with Gasteiger partial charge >= 0.3 is 0 Å². The molecule has 1 N–H and O–H groups in total. The monoisotopic (exact) mass is 206 g/mol. The van der Waals surface area contributed by atoms with Crippen molar-refractivity contribution in [2.75, 3.05) is 0 Å². The summed E-state index contributed by atoms with van der Waals surface area (Å²) in [5.74, 6) is 0. The summed E-state index contributed by atoms with van der Waals surface area (Å²) < 4.78 is 0. The van der Waals surface area contributed by atoms with E-state index in [1.54, 1.807) is 0 Å². The summed E-state index contributed by atoms with van der Waals surface area (Å²) in [5, 5.41) is 9.58. The molecule has 0 aromatic carbocycles. The van der Waals surface area contributed by atoms with Gasteiger partial charge in [0.15, 0.2) is 0 Å². The fourth-order valence-corrected chi connectivity index (χ4v) is 1.58. The zero-order valence-corrected chi connectivity index (χ0v) is 9.80. The van der Waals surface area contributed by atoms with Crippen molar-refractivity contribution in [1.82, 2.24) is 0 Å². The number of aliphatic hydroxyl groups excluding tert-OH is 1. The summed E-state index contributed by atoms with van der Waals surface area (Å²) in [6.07, 6.45) is 10.8. The molecule has 1 atom stereocenters. The topological polar surface area (TPSA) is 20.2 Å². The summed E-state index contributed by atoms with van der Waals surface area (Å²) >= 11 is 0. The third kappa shape index (κ3) is 11.9. The molecule has 2 heteroatoms. The summed E-state index contributed by atoms with van der Waals surface area (Å²) in [4.78, 5) is 0. The molecule has 0 rings (SSSR count). The second-order valence-corrected chi connectivity index (χ2v) is 4.00. The molecule has 0 spiro atoms. The summed E-state index contributed by atoms with van der Waals surface area (Å²) in [6, 6.07) is 0. The maximum absolute atomic E-state index is 9.58. The van der Waals surface area contributed by atoms with Gasteiger partial charge in [0.2, 0.25) is 0 Å². The lowest BCUT2D eigenvalue weighted by atomic mass is 10.0.